The van der Waals surface area contributed by atoms with Crippen molar-refractivity contribution in [1.82, 2.24) is 28.7 Å². The SMILES string of the molecule is C/C=C/c1ccc2n(c1=O)C[C@@H]1[C@@H](CO)[C@H](C(=O)N3CCC(Cc4ccccc4)CC3)N(CC)[C@H]21.C/C=C\c1ccc2n(c1=O)C[C@@H]1[C@@H](CO)[C@H](C(=O)N3CCC(Cc4ccccc4)CC3)N(CC)[C@H]21. The minimum atomic E-state index is -0.329. The van der Waals surface area contributed by atoms with E-state index in [4.69, 9.17) is 0 Å². The minimum Gasteiger partial charge on any atom is -0.396 e. The average Bonchev–Trinajstić information content (AvgIpc) is 4.13. The van der Waals surface area contributed by atoms with Gasteiger partial charge >= 0.3 is 0 Å². The first-order chi connectivity index (χ1) is 34.1. The van der Waals surface area contributed by atoms with E-state index in [0.29, 0.717) is 49.1 Å². The van der Waals surface area contributed by atoms with Gasteiger partial charge in [-0.25, -0.2) is 0 Å². The van der Waals surface area contributed by atoms with Crippen molar-refractivity contribution in [2.75, 3.05) is 52.5 Å². The quantitative estimate of drug-likeness (QED) is 0.161. The van der Waals surface area contributed by atoms with E-state index < -0.39 is 0 Å². The molecule has 372 valence electrons. The van der Waals surface area contributed by atoms with Crippen molar-refractivity contribution in [2.45, 2.75) is 103 Å². The van der Waals surface area contributed by atoms with Crippen LogP contribution in [0.3, 0.4) is 0 Å². The highest BCUT2D eigenvalue weighted by molar-refractivity contribution is 5.84. The van der Waals surface area contributed by atoms with E-state index in [9.17, 15) is 29.4 Å². The fraction of sp³-hybridized carbons (Fsp3) is 0.517. The molecule has 12 nitrogen and oxygen atoms in total. The summed E-state index contributed by atoms with van der Waals surface area (Å²) in [6.45, 7) is 13.6. The molecule has 70 heavy (non-hydrogen) atoms. The summed E-state index contributed by atoms with van der Waals surface area (Å²) in [7, 11) is 0. The van der Waals surface area contributed by atoms with Crippen molar-refractivity contribution in [1.29, 1.82) is 0 Å². The molecule has 4 aromatic rings. The number of fused-ring (bicyclic) bond motifs is 6. The van der Waals surface area contributed by atoms with Crippen LogP contribution in [0.25, 0.3) is 12.2 Å². The number of aliphatic hydroxyl groups excluding tert-OH is 2. The number of aromatic nitrogens is 2. The van der Waals surface area contributed by atoms with E-state index in [0.717, 1.165) is 76.1 Å². The minimum absolute atomic E-state index is 0.00549. The second-order valence-corrected chi connectivity index (χ2v) is 20.6. The van der Waals surface area contributed by atoms with Crippen LogP contribution in [0, 0.1) is 35.5 Å². The van der Waals surface area contributed by atoms with Crippen molar-refractivity contribution < 1.29 is 19.8 Å². The van der Waals surface area contributed by atoms with E-state index in [1.165, 1.54) is 11.1 Å². The largest absolute Gasteiger partial charge is 0.396 e. The smallest absolute Gasteiger partial charge is 0.258 e. The number of allylic oxidation sites excluding steroid dienone is 2. The Hall–Kier alpha value is -5.40. The molecule has 8 atom stereocenters. The molecule has 2 amide bonds. The summed E-state index contributed by atoms with van der Waals surface area (Å²) in [4.78, 5) is 62.4. The lowest BCUT2D eigenvalue weighted by atomic mass is 9.86. The normalized spacial score (nSPS) is 26.9. The van der Waals surface area contributed by atoms with Crippen LogP contribution >= 0.6 is 0 Å². The second-order valence-electron chi connectivity index (χ2n) is 20.6. The molecule has 4 fully saturated rings. The lowest BCUT2D eigenvalue weighted by Crippen LogP contribution is -2.52. The monoisotopic (exact) mass is 951 g/mol. The van der Waals surface area contributed by atoms with Gasteiger partial charge in [0.25, 0.3) is 11.1 Å². The van der Waals surface area contributed by atoms with Crippen LogP contribution in [0.4, 0.5) is 0 Å². The standard InChI is InChI=1S/2C29H37N3O3/c2*1-3-8-22-11-12-25-26-23(18-32(25)28(22)34)24(19-33)27(31(26)4-2)29(35)30-15-13-21(14-16-30)17-20-9-6-5-7-10-20/h2*3,5-12,21,23-24,26-27,33H,4,13-19H2,1-2H3/b8-3+;8-3-/t2*23-,24-,26+,27-/m11/s1. The van der Waals surface area contributed by atoms with Crippen molar-refractivity contribution in [2.24, 2.45) is 35.5 Å². The molecule has 2 N–H and O–H groups in total. The number of hydrogen-bond acceptors (Lipinski definition) is 8. The number of likely N-dealkylation sites (N-methyl/N-ethyl adjacent to an activating group) is 2. The molecule has 0 unspecified atom stereocenters. The van der Waals surface area contributed by atoms with Crippen LogP contribution in [-0.4, -0.2) is 115 Å². The predicted octanol–water partition coefficient (Wildman–Crippen LogP) is 6.69. The first kappa shape index (κ1) is 49.6. The lowest BCUT2D eigenvalue weighted by molar-refractivity contribution is -0.140. The Bertz CT molecular complexity index is 2450. The van der Waals surface area contributed by atoms with Gasteiger partial charge in [-0.15, -0.1) is 0 Å². The lowest BCUT2D eigenvalue weighted by Gasteiger charge is -2.37. The highest BCUT2D eigenvalue weighted by atomic mass is 16.3. The van der Waals surface area contributed by atoms with Gasteiger partial charge in [0.15, 0.2) is 0 Å². The summed E-state index contributed by atoms with van der Waals surface area (Å²) in [5, 5.41) is 20.9. The number of amides is 2. The summed E-state index contributed by atoms with van der Waals surface area (Å²) < 4.78 is 3.73. The first-order valence-corrected chi connectivity index (χ1v) is 26.3. The summed E-state index contributed by atoms with van der Waals surface area (Å²) in [5.74, 6) is 1.31. The van der Waals surface area contributed by atoms with Crippen molar-refractivity contribution >= 4 is 24.0 Å². The second kappa shape index (κ2) is 21.9. The molecule has 12 heteroatoms. The van der Waals surface area contributed by atoms with Gasteiger partial charge in [0.1, 0.15) is 0 Å². The summed E-state index contributed by atoms with van der Waals surface area (Å²) in [6.07, 6.45) is 13.7. The van der Waals surface area contributed by atoms with Crippen LogP contribution in [0.15, 0.2) is 107 Å². The number of nitrogens with zero attached hydrogens (tertiary/aromatic N) is 6. The third-order valence-corrected chi connectivity index (χ3v) is 17.0. The van der Waals surface area contributed by atoms with Gasteiger partial charge in [-0.3, -0.25) is 29.0 Å². The zero-order valence-corrected chi connectivity index (χ0v) is 41.7. The fourth-order valence-electron chi connectivity index (χ4n) is 13.6. The van der Waals surface area contributed by atoms with E-state index in [-0.39, 0.29) is 84.0 Å². The maximum Gasteiger partial charge on any atom is 0.258 e. The van der Waals surface area contributed by atoms with E-state index in [1.807, 2.05) is 81.4 Å². The predicted molar refractivity (Wildman–Crippen MR) is 276 cm³/mol. The Labute approximate surface area is 413 Å². The number of aliphatic hydroxyl groups is 2. The van der Waals surface area contributed by atoms with Gasteiger partial charge in [-0.2, -0.15) is 0 Å². The molecule has 6 aliphatic rings. The molecule has 0 aliphatic carbocycles. The fourth-order valence-corrected chi connectivity index (χ4v) is 13.6. The Morgan fingerprint density at radius 2 is 0.929 bits per heavy atom. The molecule has 0 bridgehead atoms. The zero-order valence-electron chi connectivity index (χ0n) is 41.7. The number of rotatable bonds is 12. The summed E-state index contributed by atoms with van der Waals surface area (Å²) >= 11 is 0. The van der Waals surface area contributed by atoms with Gasteiger partial charge in [0.05, 0.1) is 24.2 Å². The maximum atomic E-state index is 13.8. The van der Waals surface area contributed by atoms with Gasteiger partial charge in [0.2, 0.25) is 11.8 Å². The molecule has 0 radical (unpaired) electrons. The molecule has 0 spiro atoms. The first-order valence-electron chi connectivity index (χ1n) is 26.3. The Morgan fingerprint density at radius 3 is 1.26 bits per heavy atom. The van der Waals surface area contributed by atoms with E-state index >= 15 is 0 Å². The van der Waals surface area contributed by atoms with E-state index in [1.54, 1.807) is 0 Å². The summed E-state index contributed by atoms with van der Waals surface area (Å²) in [5.41, 5.74) is 6.10. The number of hydrogen-bond donors (Lipinski definition) is 2. The van der Waals surface area contributed by atoms with Crippen molar-refractivity contribution in [3.05, 3.63) is 151 Å². The van der Waals surface area contributed by atoms with Gasteiger partial charge in [0, 0.05) is 98.7 Å². The zero-order chi connectivity index (χ0) is 49.1. The van der Waals surface area contributed by atoms with Crippen LogP contribution < -0.4 is 11.1 Å². The van der Waals surface area contributed by atoms with Crippen LogP contribution in [-0.2, 0) is 35.5 Å². The topological polar surface area (TPSA) is 132 Å². The Kier molecular flexibility index (Phi) is 15.5. The molecular weight excluding hydrogens is 877 g/mol. The van der Waals surface area contributed by atoms with Crippen molar-refractivity contribution in [3.63, 3.8) is 0 Å². The number of benzene rings is 2. The maximum absolute atomic E-state index is 13.8. The number of pyridine rings is 2. The molecular formula is C58H74N6O6. The van der Waals surface area contributed by atoms with Crippen LogP contribution in [0.5, 0.6) is 0 Å². The third kappa shape index (κ3) is 9.44. The Balaban J connectivity index is 0.000000174. The van der Waals surface area contributed by atoms with Gasteiger partial charge in [-0.1, -0.05) is 98.8 Å². The molecule has 2 aromatic carbocycles. The van der Waals surface area contributed by atoms with E-state index in [2.05, 4.69) is 84.3 Å². The van der Waals surface area contributed by atoms with Gasteiger partial charge < -0.3 is 29.1 Å². The molecule has 2 aromatic heterocycles. The highest BCUT2D eigenvalue weighted by Gasteiger charge is 2.57. The highest BCUT2D eigenvalue weighted by Crippen LogP contribution is 2.51. The van der Waals surface area contributed by atoms with Gasteiger partial charge in [-0.05, 0) is 113 Å². The summed E-state index contributed by atoms with van der Waals surface area (Å²) in [6, 6.07) is 28.4. The molecule has 8 heterocycles. The number of carbonyl (C=O) groups excluding carboxylic acids is 2. The molecule has 10 rings (SSSR count). The van der Waals surface area contributed by atoms with Crippen LogP contribution in [0.2, 0.25) is 0 Å². The Morgan fingerprint density at radius 1 is 0.557 bits per heavy atom. The number of likely N-dealkylation sites (tertiary alicyclic amines) is 4. The third-order valence-electron chi connectivity index (χ3n) is 17.0. The molecule has 0 saturated carbocycles. The van der Waals surface area contributed by atoms with Crippen molar-refractivity contribution in [3.8, 4) is 0 Å². The molecule has 6 aliphatic heterocycles. The molecule has 4 saturated heterocycles. The number of piperidine rings is 2. The average molecular weight is 951 g/mol. The number of carbonyl (C=O) groups is 2. The van der Waals surface area contributed by atoms with Crippen LogP contribution in [0.1, 0.15) is 99.1 Å².